The molecule has 0 atom stereocenters. The predicted molar refractivity (Wildman–Crippen MR) is 79.7 cm³/mol. The molecule has 1 aromatic carbocycles. The first kappa shape index (κ1) is 14.7. The number of carbonyl (C=O) groups excluding carboxylic acids is 1. The molecule has 1 aromatic heterocycles. The molecular formula is C16H16N2O3. The van der Waals surface area contributed by atoms with Gasteiger partial charge in [0.15, 0.2) is 0 Å². The lowest BCUT2D eigenvalue weighted by atomic mass is 10.1. The number of aromatic carboxylic acids is 1. The van der Waals surface area contributed by atoms with Crippen molar-refractivity contribution in [2.45, 2.75) is 13.8 Å². The van der Waals surface area contributed by atoms with Gasteiger partial charge in [0.25, 0.3) is 5.91 Å². The number of aryl methyl sites for hydroxylation is 1. The summed E-state index contributed by atoms with van der Waals surface area (Å²) in [6, 6.07) is 10.4. The highest BCUT2D eigenvalue weighted by Gasteiger charge is 2.17. The predicted octanol–water partition coefficient (Wildman–Crippen LogP) is 2.75. The normalized spacial score (nSPS) is 10.2. The minimum atomic E-state index is -1.15. The average Bonchev–Trinajstić information content (AvgIpc) is 2.50. The Morgan fingerprint density at radius 2 is 1.86 bits per heavy atom. The van der Waals surface area contributed by atoms with Crippen molar-refractivity contribution in [3.8, 4) is 0 Å². The van der Waals surface area contributed by atoms with Crippen molar-refractivity contribution in [2.24, 2.45) is 0 Å². The summed E-state index contributed by atoms with van der Waals surface area (Å²) in [5, 5.41) is 8.95. The zero-order valence-corrected chi connectivity index (χ0v) is 11.9. The number of aromatic nitrogens is 1. The number of carbonyl (C=O) groups is 2. The van der Waals surface area contributed by atoms with Gasteiger partial charge < -0.3 is 10.0 Å². The highest BCUT2D eigenvalue weighted by Crippen LogP contribution is 2.18. The van der Waals surface area contributed by atoms with E-state index >= 15 is 0 Å². The van der Waals surface area contributed by atoms with Gasteiger partial charge in [0, 0.05) is 24.0 Å². The van der Waals surface area contributed by atoms with Crippen molar-refractivity contribution >= 4 is 17.6 Å². The Bertz CT molecular complexity index is 665. The number of anilines is 1. The van der Waals surface area contributed by atoms with Crippen LogP contribution >= 0.6 is 0 Å². The van der Waals surface area contributed by atoms with Crippen LogP contribution in [0.4, 0.5) is 5.69 Å². The minimum absolute atomic E-state index is 0.138. The molecule has 0 bridgehead atoms. The summed E-state index contributed by atoms with van der Waals surface area (Å²) < 4.78 is 0. The van der Waals surface area contributed by atoms with Crippen molar-refractivity contribution < 1.29 is 14.7 Å². The Balaban J connectivity index is 2.34. The fraction of sp³-hybridized carbons (Fsp3) is 0.188. The van der Waals surface area contributed by atoms with E-state index in [9.17, 15) is 9.59 Å². The number of benzene rings is 1. The molecule has 0 saturated heterocycles. The maximum atomic E-state index is 12.5. The van der Waals surface area contributed by atoms with Crippen LogP contribution in [0.15, 0.2) is 42.6 Å². The summed E-state index contributed by atoms with van der Waals surface area (Å²) in [7, 11) is 0. The van der Waals surface area contributed by atoms with Crippen molar-refractivity contribution in [3.63, 3.8) is 0 Å². The van der Waals surface area contributed by atoms with Gasteiger partial charge in [-0.3, -0.25) is 4.79 Å². The quantitative estimate of drug-likeness (QED) is 0.937. The van der Waals surface area contributed by atoms with Crippen LogP contribution in [0.25, 0.3) is 0 Å². The first-order valence-corrected chi connectivity index (χ1v) is 6.60. The average molecular weight is 284 g/mol. The molecule has 0 spiro atoms. The van der Waals surface area contributed by atoms with Crippen molar-refractivity contribution in [1.82, 2.24) is 4.98 Å². The van der Waals surface area contributed by atoms with Gasteiger partial charge in [0.05, 0.1) is 0 Å². The molecule has 21 heavy (non-hydrogen) atoms. The largest absolute Gasteiger partial charge is 0.477 e. The highest BCUT2D eigenvalue weighted by atomic mass is 16.4. The molecule has 0 aliphatic rings. The standard InChI is InChI=1S/C16H16N2O3/c1-3-18(13-6-4-11(2)5-7-13)15(19)12-8-9-17-14(10-12)16(20)21/h4-10H,3H2,1-2H3,(H,20,21). The summed E-state index contributed by atoms with van der Waals surface area (Å²) in [4.78, 5) is 28.8. The van der Waals surface area contributed by atoms with Crippen LogP contribution in [0.5, 0.6) is 0 Å². The van der Waals surface area contributed by atoms with E-state index in [2.05, 4.69) is 4.98 Å². The molecule has 0 radical (unpaired) electrons. The van der Waals surface area contributed by atoms with Crippen molar-refractivity contribution in [2.75, 3.05) is 11.4 Å². The molecule has 2 rings (SSSR count). The lowest BCUT2D eigenvalue weighted by Crippen LogP contribution is -2.30. The fourth-order valence-corrected chi connectivity index (χ4v) is 2.00. The molecule has 0 aliphatic heterocycles. The van der Waals surface area contributed by atoms with Gasteiger partial charge >= 0.3 is 5.97 Å². The number of carboxylic acids is 1. The number of amides is 1. The summed E-state index contributed by atoms with van der Waals surface area (Å²) in [5.74, 6) is -1.39. The molecule has 0 fully saturated rings. The lowest BCUT2D eigenvalue weighted by Gasteiger charge is -2.21. The SMILES string of the molecule is CCN(C(=O)c1ccnc(C(=O)O)c1)c1ccc(C)cc1. The topological polar surface area (TPSA) is 70.5 Å². The number of pyridine rings is 1. The monoisotopic (exact) mass is 284 g/mol. The van der Waals surface area contributed by atoms with Crippen LogP contribution in [0, 0.1) is 6.92 Å². The van der Waals surface area contributed by atoms with Gasteiger partial charge in [-0.15, -0.1) is 0 Å². The molecule has 5 nitrogen and oxygen atoms in total. The van der Waals surface area contributed by atoms with Crippen LogP contribution in [0.1, 0.15) is 33.3 Å². The number of hydrogen-bond acceptors (Lipinski definition) is 3. The summed E-state index contributed by atoms with van der Waals surface area (Å²) in [6.07, 6.45) is 1.33. The first-order chi connectivity index (χ1) is 10.0. The smallest absolute Gasteiger partial charge is 0.354 e. The Labute approximate surface area is 122 Å². The van der Waals surface area contributed by atoms with E-state index in [-0.39, 0.29) is 11.6 Å². The third kappa shape index (κ3) is 3.25. The highest BCUT2D eigenvalue weighted by molar-refractivity contribution is 6.06. The summed E-state index contributed by atoms with van der Waals surface area (Å²) in [5.41, 5.74) is 2.06. The lowest BCUT2D eigenvalue weighted by molar-refractivity contribution is 0.0690. The van der Waals surface area contributed by atoms with E-state index in [1.54, 1.807) is 4.90 Å². The molecule has 2 aromatic rings. The van der Waals surface area contributed by atoms with Crippen molar-refractivity contribution in [1.29, 1.82) is 0 Å². The first-order valence-electron chi connectivity index (χ1n) is 6.60. The maximum absolute atomic E-state index is 12.5. The molecular weight excluding hydrogens is 268 g/mol. The summed E-state index contributed by atoms with van der Waals surface area (Å²) in [6.45, 7) is 4.34. The van der Waals surface area contributed by atoms with Gasteiger partial charge in [-0.05, 0) is 38.1 Å². The van der Waals surface area contributed by atoms with E-state index in [1.165, 1.54) is 18.3 Å². The summed E-state index contributed by atoms with van der Waals surface area (Å²) >= 11 is 0. The second-order valence-corrected chi connectivity index (χ2v) is 4.62. The van der Waals surface area contributed by atoms with Gasteiger partial charge in [-0.2, -0.15) is 0 Å². The number of nitrogens with zero attached hydrogens (tertiary/aromatic N) is 2. The van der Waals surface area contributed by atoms with Gasteiger partial charge in [0.1, 0.15) is 5.69 Å². The Hall–Kier alpha value is -2.69. The Kier molecular flexibility index (Phi) is 4.33. The second-order valence-electron chi connectivity index (χ2n) is 4.62. The van der Waals surface area contributed by atoms with Crippen LogP contribution < -0.4 is 4.90 Å². The molecule has 108 valence electrons. The van der Waals surface area contributed by atoms with E-state index in [4.69, 9.17) is 5.11 Å². The van der Waals surface area contributed by atoms with E-state index < -0.39 is 5.97 Å². The molecule has 1 heterocycles. The second kappa shape index (κ2) is 6.17. The third-order valence-corrected chi connectivity index (χ3v) is 3.13. The van der Waals surface area contributed by atoms with Crippen LogP contribution in [-0.2, 0) is 0 Å². The van der Waals surface area contributed by atoms with E-state index in [0.29, 0.717) is 12.1 Å². The maximum Gasteiger partial charge on any atom is 0.354 e. The third-order valence-electron chi connectivity index (χ3n) is 3.13. The van der Waals surface area contributed by atoms with Crippen LogP contribution in [0.3, 0.4) is 0 Å². The van der Waals surface area contributed by atoms with Crippen LogP contribution in [0.2, 0.25) is 0 Å². The van der Waals surface area contributed by atoms with Gasteiger partial charge in [-0.1, -0.05) is 17.7 Å². The molecule has 0 unspecified atom stereocenters. The van der Waals surface area contributed by atoms with Gasteiger partial charge in [-0.25, -0.2) is 9.78 Å². The molecule has 1 amide bonds. The zero-order chi connectivity index (χ0) is 15.4. The molecule has 5 heteroatoms. The van der Waals surface area contributed by atoms with Crippen LogP contribution in [-0.4, -0.2) is 28.5 Å². The Morgan fingerprint density at radius 3 is 2.43 bits per heavy atom. The zero-order valence-electron chi connectivity index (χ0n) is 11.9. The minimum Gasteiger partial charge on any atom is -0.477 e. The number of rotatable bonds is 4. The Morgan fingerprint density at radius 1 is 1.19 bits per heavy atom. The van der Waals surface area contributed by atoms with E-state index in [1.807, 2.05) is 38.1 Å². The van der Waals surface area contributed by atoms with Crippen molar-refractivity contribution in [3.05, 3.63) is 59.4 Å². The van der Waals surface area contributed by atoms with Gasteiger partial charge in [0.2, 0.25) is 0 Å². The molecule has 1 N–H and O–H groups in total. The number of carboxylic acid groups (broad SMARTS) is 1. The fourth-order valence-electron chi connectivity index (χ4n) is 2.00. The number of hydrogen-bond donors (Lipinski definition) is 1. The molecule has 0 aliphatic carbocycles. The van der Waals surface area contributed by atoms with E-state index in [0.717, 1.165) is 11.3 Å². The molecule has 0 saturated carbocycles.